The predicted octanol–water partition coefficient (Wildman–Crippen LogP) is 2.64. The second kappa shape index (κ2) is 5.53. The van der Waals surface area contributed by atoms with Gasteiger partial charge in [-0.1, -0.05) is 0 Å². The highest BCUT2D eigenvalue weighted by Crippen LogP contribution is 2.35. The van der Waals surface area contributed by atoms with Crippen LogP contribution in [0, 0.1) is 0 Å². The molecule has 0 spiro atoms. The number of nitrogens with zero attached hydrogens (tertiary/aromatic N) is 3. The van der Waals surface area contributed by atoms with E-state index >= 15 is 0 Å². The van der Waals surface area contributed by atoms with Crippen molar-refractivity contribution >= 4 is 16.6 Å². The van der Waals surface area contributed by atoms with Gasteiger partial charge in [-0.3, -0.25) is 0 Å². The van der Waals surface area contributed by atoms with Gasteiger partial charge in [0.25, 0.3) is 0 Å². The van der Waals surface area contributed by atoms with Crippen molar-refractivity contribution in [2.75, 3.05) is 32.2 Å². The summed E-state index contributed by atoms with van der Waals surface area (Å²) >= 11 is 0. The average molecular weight is 273 g/mol. The van der Waals surface area contributed by atoms with Crippen molar-refractivity contribution < 1.29 is 9.47 Å². The van der Waals surface area contributed by atoms with Crippen LogP contribution < -0.4 is 14.4 Å². The highest BCUT2D eigenvalue weighted by molar-refractivity contribution is 5.93. The van der Waals surface area contributed by atoms with Crippen molar-refractivity contribution in [1.29, 1.82) is 0 Å². The minimum Gasteiger partial charge on any atom is -0.493 e. The van der Waals surface area contributed by atoms with Crippen LogP contribution in [0.5, 0.6) is 11.5 Å². The van der Waals surface area contributed by atoms with Gasteiger partial charge in [-0.15, -0.1) is 0 Å². The Morgan fingerprint density at radius 1 is 1.00 bits per heavy atom. The first-order valence-electron chi connectivity index (χ1n) is 6.96. The van der Waals surface area contributed by atoms with E-state index in [1.165, 1.54) is 19.3 Å². The third kappa shape index (κ3) is 2.24. The van der Waals surface area contributed by atoms with E-state index < -0.39 is 0 Å². The first-order chi connectivity index (χ1) is 9.83. The summed E-state index contributed by atoms with van der Waals surface area (Å²) in [6.07, 6.45) is 5.62. The standard InChI is InChI=1S/C15H19N3O2/c1-19-14-8-11-12(9-15(14)20-2)17-16-10-13(11)18-6-4-3-5-7-18/h8-10H,3-7H2,1-2H3. The maximum Gasteiger partial charge on any atom is 0.162 e. The normalized spacial score (nSPS) is 15.4. The SMILES string of the molecule is COc1cc2nncc(N3CCCCC3)c2cc1OC. The Bertz CT molecular complexity index is 609. The lowest BCUT2D eigenvalue weighted by atomic mass is 10.1. The lowest BCUT2D eigenvalue weighted by Crippen LogP contribution is -2.29. The average Bonchev–Trinajstić information content (AvgIpc) is 2.53. The third-order valence-corrected chi connectivity index (χ3v) is 3.82. The zero-order valence-electron chi connectivity index (χ0n) is 11.9. The van der Waals surface area contributed by atoms with E-state index in [-0.39, 0.29) is 0 Å². The van der Waals surface area contributed by atoms with Crippen LogP contribution in [-0.4, -0.2) is 37.5 Å². The molecule has 1 aromatic heterocycles. The third-order valence-electron chi connectivity index (χ3n) is 3.82. The first-order valence-corrected chi connectivity index (χ1v) is 6.96. The minimum absolute atomic E-state index is 0.685. The molecule has 1 fully saturated rings. The fourth-order valence-electron chi connectivity index (χ4n) is 2.76. The summed E-state index contributed by atoms with van der Waals surface area (Å²) in [5.74, 6) is 1.41. The van der Waals surface area contributed by atoms with Crippen molar-refractivity contribution in [3.05, 3.63) is 18.3 Å². The smallest absolute Gasteiger partial charge is 0.162 e. The van der Waals surface area contributed by atoms with E-state index in [4.69, 9.17) is 9.47 Å². The van der Waals surface area contributed by atoms with Crippen LogP contribution in [-0.2, 0) is 0 Å². The van der Waals surface area contributed by atoms with E-state index in [0.717, 1.165) is 35.4 Å². The fourth-order valence-corrected chi connectivity index (χ4v) is 2.76. The van der Waals surface area contributed by atoms with Crippen LogP contribution >= 0.6 is 0 Å². The van der Waals surface area contributed by atoms with E-state index in [1.807, 2.05) is 18.3 Å². The summed E-state index contributed by atoms with van der Waals surface area (Å²) < 4.78 is 10.7. The van der Waals surface area contributed by atoms with Gasteiger partial charge in [-0.05, 0) is 25.3 Å². The van der Waals surface area contributed by atoms with Crippen LogP contribution in [0.15, 0.2) is 18.3 Å². The Hall–Kier alpha value is -2.04. The van der Waals surface area contributed by atoms with E-state index in [9.17, 15) is 0 Å². The van der Waals surface area contributed by atoms with Crippen molar-refractivity contribution in [1.82, 2.24) is 10.2 Å². The molecule has 0 amide bonds. The number of benzene rings is 1. The van der Waals surface area contributed by atoms with Gasteiger partial charge in [0.2, 0.25) is 0 Å². The molecule has 20 heavy (non-hydrogen) atoms. The highest BCUT2D eigenvalue weighted by atomic mass is 16.5. The Morgan fingerprint density at radius 3 is 2.40 bits per heavy atom. The summed E-state index contributed by atoms with van der Waals surface area (Å²) in [6.45, 7) is 2.16. The highest BCUT2D eigenvalue weighted by Gasteiger charge is 2.16. The van der Waals surface area contributed by atoms with Gasteiger partial charge >= 0.3 is 0 Å². The number of anilines is 1. The second-order valence-corrected chi connectivity index (χ2v) is 5.00. The van der Waals surface area contributed by atoms with Crippen LogP contribution in [0.2, 0.25) is 0 Å². The van der Waals surface area contributed by atoms with Gasteiger partial charge in [0.05, 0.1) is 31.6 Å². The molecule has 0 aliphatic carbocycles. The Labute approximate surface area is 118 Å². The number of aromatic nitrogens is 2. The van der Waals surface area contributed by atoms with Crippen LogP contribution in [0.3, 0.4) is 0 Å². The molecule has 5 heteroatoms. The molecular formula is C15H19N3O2. The molecule has 0 saturated carbocycles. The topological polar surface area (TPSA) is 47.5 Å². The van der Waals surface area contributed by atoms with Gasteiger partial charge in [-0.25, -0.2) is 0 Å². The Kier molecular flexibility index (Phi) is 3.58. The monoisotopic (exact) mass is 273 g/mol. The van der Waals surface area contributed by atoms with E-state index in [0.29, 0.717) is 5.75 Å². The zero-order chi connectivity index (χ0) is 13.9. The number of hydrogen-bond donors (Lipinski definition) is 0. The van der Waals surface area contributed by atoms with Crippen molar-refractivity contribution in [2.24, 2.45) is 0 Å². The summed E-state index contributed by atoms with van der Waals surface area (Å²) in [4.78, 5) is 2.38. The summed E-state index contributed by atoms with van der Waals surface area (Å²) in [7, 11) is 3.28. The number of piperidine rings is 1. The Balaban J connectivity index is 2.12. The van der Waals surface area contributed by atoms with Gasteiger partial charge in [0, 0.05) is 24.5 Å². The molecule has 0 bridgehead atoms. The molecular weight excluding hydrogens is 254 g/mol. The molecule has 1 aromatic carbocycles. The van der Waals surface area contributed by atoms with Gasteiger partial charge < -0.3 is 14.4 Å². The number of ether oxygens (including phenoxy) is 2. The maximum absolute atomic E-state index is 5.39. The lowest BCUT2D eigenvalue weighted by molar-refractivity contribution is 0.355. The molecule has 106 valence electrons. The molecule has 0 unspecified atom stereocenters. The first kappa shape index (κ1) is 13.0. The lowest BCUT2D eigenvalue weighted by Gasteiger charge is -2.29. The number of fused-ring (bicyclic) bond motifs is 1. The molecule has 5 nitrogen and oxygen atoms in total. The fraction of sp³-hybridized carbons (Fsp3) is 0.467. The molecule has 0 N–H and O–H groups in total. The van der Waals surface area contributed by atoms with Crippen LogP contribution in [0.25, 0.3) is 10.9 Å². The van der Waals surface area contributed by atoms with Gasteiger partial charge in [0.15, 0.2) is 11.5 Å². The summed E-state index contributed by atoms with van der Waals surface area (Å²) in [5, 5.41) is 9.41. The minimum atomic E-state index is 0.685. The molecule has 2 heterocycles. The quantitative estimate of drug-likeness (QED) is 0.860. The number of methoxy groups -OCH3 is 2. The zero-order valence-corrected chi connectivity index (χ0v) is 11.9. The largest absolute Gasteiger partial charge is 0.493 e. The van der Waals surface area contributed by atoms with Gasteiger partial charge in [0.1, 0.15) is 0 Å². The number of rotatable bonds is 3. The molecule has 3 rings (SSSR count). The molecule has 1 saturated heterocycles. The molecule has 0 atom stereocenters. The summed E-state index contributed by atoms with van der Waals surface area (Å²) in [5.41, 5.74) is 1.97. The van der Waals surface area contributed by atoms with E-state index in [2.05, 4.69) is 15.1 Å². The molecule has 1 aliphatic rings. The van der Waals surface area contributed by atoms with Crippen molar-refractivity contribution in [3.63, 3.8) is 0 Å². The van der Waals surface area contributed by atoms with Gasteiger partial charge in [-0.2, -0.15) is 10.2 Å². The van der Waals surface area contributed by atoms with E-state index in [1.54, 1.807) is 14.2 Å². The predicted molar refractivity (Wildman–Crippen MR) is 78.7 cm³/mol. The summed E-state index contributed by atoms with van der Waals surface area (Å²) in [6, 6.07) is 3.88. The second-order valence-electron chi connectivity index (χ2n) is 5.00. The van der Waals surface area contributed by atoms with Crippen molar-refractivity contribution in [2.45, 2.75) is 19.3 Å². The Morgan fingerprint density at radius 2 is 1.70 bits per heavy atom. The molecule has 1 aliphatic heterocycles. The molecule has 2 aromatic rings. The van der Waals surface area contributed by atoms with Crippen LogP contribution in [0.4, 0.5) is 5.69 Å². The molecule has 0 radical (unpaired) electrons. The van der Waals surface area contributed by atoms with Crippen LogP contribution in [0.1, 0.15) is 19.3 Å². The number of hydrogen-bond acceptors (Lipinski definition) is 5. The maximum atomic E-state index is 5.39. The van der Waals surface area contributed by atoms with Crippen molar-refractivity contribution in [3.8, 4) is 11.5 Å².